The van der Waals surface area contributed by atoms with Crippen molar-refractivity contribution in [2.75, 3.05) is 0 Å². The van der Waals surface area contributed by atoms with Crippen LogP contribution in [0.5, 0.6) is 5.75 Å². The maximum atomic E-state index is 9.21. The van der Waals surface area contributed by atoms with Crippen molar-refractivity contribution in [2.24, 2.45) is 0 Å². The first-order chi connectivity index (χ1) is 4.22. The molecule has 1 aromatic rings. The fourth-order valence-corrected chi connectivity index (χ4v) is 0.806. The fraction of sp³-hybridized carbons (Fsp3) is 0.250. The van der Waals surface area contributed by atoms with E-state index >= 15 is 0 Å². The summed E-state index contributed by atoms with van der Waals surface area (Å²) in [6.45, 7) is 3.78. The van der Waals surface area contributed by atoms with Crippen LogP contribution in [0.25, 0.3) is 0 Å². The number of phenolic OH excluding ortho intramolecular Hbond substituents is 1. The van der Waals surface area contributed by atoms with Gasteiger partial charge in [-0.3, -0.25) is 0 Å². The summed E-state index contributed by atoms with van der Waals surface area (Å²) < 4.78 is 0. The van der Waals surface area contributed by atoms with Gasteiger partial charge in [0.05, 0.1) is 0 Å². The van der Waals surface area contributed by atoms with E-state index in [-0.39, 0.29) is 38.6 Å². The van der Waals surface area contributed by atoms with Crippen molar-refractivity contribution >= 4 is 12.4 Å². The number of hydrogen-bond donors (Lipinski definition) is 1. The van der Waals surface area contributed by atoms with Crippen molar-refractivity contribution in [3.8, 4) is 5.75 Å². The van der Waals surface area contributed by atoms with Crippen LogP contribution >= 0.6 is 12.4 Å². The van der Waals surface area contributed by atoms with Crippen LogP contribution in [0.3, 0.4) is 0 Å². The van der Waals surface area contributed by atoms with E-state index in [1.54, 1.807) is 0 Å². The minimum atomic E-state index is 0. The van der Waals surface area contributed by atoms with Crippen LogP contribution in [0.1, 0.15) is 11.1 Å². The summed E-state index contributed by atoms with van der Waals surface area (Å²) in [4.78, 5) is 0. The Kier molecular flexibility index (Phi) is 7.25. The van der Waals surface area contributed by atoms with E-state index in [4.69, 9.17) is 0 Å². The zero-order chi connectivity index (χ0) is 6.85. The molecule has 60 valence electrons. The Balaban J connectivity index is 0. The second-order valence-electron chi connectivity index (χ2n) is 2.24. The first-order valence-electron chi connectivity index (χ1n) is 2.97. The van der Waals surface area contributed by atoms with Crippen LogP contribution in [0.4, 0.5) is 0 Å². The SMILES string of the molecule is Cc1cccc(C)c1O.Cl.[Zr]. The van der Waals surface area contributed by atoms with E-state index in [2.05, 4.69) is 0 Å². The second-order valence-corrected chi connectivity index (χ2v) is 2.24. The van der Waals surface area contributed by atoms with E-state index in [0.29, 0.717) is 5.75 Å². The van der Waals surface area contributed by atoms with Gasteiger partial charge in [-0.15, -0.1) is 12.4 Å². The molecule has 0 aromatic heterocycles. The molecule has 0 aliphatic rings. The van der Waals surface area contributed by atoms with Gasteiger partial charge in [0.2, 0.25) is 0 Å². The predicted molar refractivity (Wildman–Crippen MR) is 44.8 cm³/mol. The smallest absolute Gasteiger partial charge is 0.121 e. The van der Waals surface area contributed by atoms with Crippen LogP contribution in [0, 0.1) is 13.8 Å². The molecule has 11 heavy (non-hydrogen) atoms. The molecule has 0 radical (unpaired) electrons. The Morgan fingerprint density at radius 2 is 1.45 bits per heavy atom. The summed E-state index contributed by atoms with van der Waals surface area (Å²) in [5.74, 6) is 0.414. The minimum Gasteiger partial charge on any atom is -0.507 e. The molecular formula is C8H11ClOZr. The van der Waals surface area contributed by atoms with E-state index < -0.39 is 0 Å². The zero-order valence-corrected chi connectivity index (χ0v) is 9.86. The molecule has 0 atom stereocenters. The topological polar surface area (TPSA) is 20.2 Å². The van der Waals surface area contributed by atoms with Gasteiger partial charge in [-0.1, -0.05) is 18.2 Å². The standard InChI is InChI=1S/C8H10O.ClH.Zr/c1-6-4-3-5-7(2)8(6)9;;/h3-5,9H,1-2H3;1H;. The van der Waals surface area contributed by atoms with Crippen LogP contribution in [0.15, 0.2) is 18.2 Å². The van der Waals surface area contributed by atoms with Gasteiger partial charge in [-0.05, 0) is 25.0 Å². The zero-order valence-electron chi connectivity index (χ0n) is 6.59. The summed E-state index contributed by atoms with van der Waals surface area (Å²) in [5, 5.41) is 9.21. The van der Waals surface area contributed by atoms with E-state index in [1.165, 1.54) is 0 Å². The summed E-state index contributed by atoms with van der Waals surface area (Å²) in [6, 6.07) is 5.72. The summed E-state index contributed by atoms with van der Waals surface area (Å²) in [6.07, 6.45) is 0. The largest absolute Gasteiger partial charge is 0.507 e. The Bertz CT molecular complexity index is 205. The van der Waals surface area contributed by atoms with E-state index in [1.807, 2.05) is 32.0 Å². The fourth-order valence-electron chi connectivity index (χ4n) is 0.806. The maximum absolute atomic E-state index is 9.21. The molecule has 0 unspecified atom stereocenters. The third-order valence-electron chi connectivity index (χ3n) is 1.44. The molecule has 0 spiro atoms. The van der Waals surface area contributed by atoms with Gasteiger partial charge in [0, 0.05) is 26.2 Å². The Morgan fingerprint density at radius 3 is 1.73 bits per heavy atom. The average Bonchev–Trinajstić information content (AvgIpc) is 1.83. The Hall–Kier alpha value is 0.193. The molecule has 0 aliphatic heterocycles. The van der Waals surface area contributed by atoms with Gasteiger partial charge in [-0.2, -0.15) is 0 Å². The predicted octanol–water partition coefficient (Wildman–Crippen LogP) is 2.43. The number of rotatable bonds is 0. The van der Waals surface area contributed by atoms with Gasteiger partial charge < -0.3 is 5.11 Å². The number of aromatic hydroxyl groups is 1. The molecule has 0 saturated carbocycles. The molecule has 0 heterocycles. The molecular weight excluding hydrogens is 239 g/mol. The van der Waals surface area contributed by atoms with Crippen LogP contribution in [-0.2, 0) is 26.2 Å². The van der Waals surface area contributed by atoms with Gasteiger partial charge in [-0.25, -0.2) is 0 Å². The van der Waals surface area contributed by atoms with Crippen molar-refractivity contribution < 1.29 is 31.3 Å². The Morgan fingerprint density at radius 1 is 1.09 bits per heavy atom. The summed E-state index contributed by atoms with van der Waals surface area (Å²) in [5.41, 5.74) is 1.88. The number of benzene rings is 1. The summed E-state index contributed by atoms with van der Waals surface area (Å²) in [7, 11) is 0. The number of phenols is 1. The van der Waals surface area contributed by atoms with Crippen molar-refractivity contribution in [2.45, 2.75) is 13.8 Å². The van der Waals surface area contributed by atoms with Gasteiger partial charge in [0.25, 0.3) is 0 Å². The third-order valence-corrected chi connectivity index (χ3v) is 1.44. The number of aryl methyl sites for hydroxylation is 2. The van der Waals surface area contributed by atoms with Gasteiger partial charge in [0.1, 0.15) is 5.75 Å². The number of para-hydroxylation sites is 1. The normalized spacial score (nSPS) is 7.82. The molecule has 3 heteroatoms. The molecule has 0 amide bonds. The van der Waals surface area contributed by atoms with Crippen LogP contribution in [0.2, 0.25) is 0 Å². The summed E-state index contributed by atoms with van der Waals surface area (Å²) >= 11 is 0. The molecule has 1 N–H and O–H groups in total. The van der Waals surface area contributed by atoms with Crippen molar-refractivity contribution in [1.29, 1.82) is 0 Å². The molecule has 1 rings (SSSR count). The number of hydrogen-bond acceptors (Lipinski definition) is 1. The third kappa shape index (κ3) is 3.40. The van der Waals surface area contributed by atoms with Crippen molar-refractivity contribution in [3.63, 3.8) is 0 Å². The molecule has 1 nitrogen and oxygen atoms in total. The Labute approximate surface area is 92.4 Å². The quantitative estimate of drug-likeness (QED) is 0.749. The van der Waals surface area contributed by atoms with E-state index in [9.17, 15) is 5.11 Å². The number of halogens is 1. The van der Waals surface area contributed by atoms with E-state index in [0.717, 1.165) is 11.1 Å². The molecule has 0 fully saturated rings. The van der Waals surface area contributed by atoms with Crippen LogP contribution in [-0.4, -0.2) is 5.11 Å². The first-order valence-corrected chi connectivity index (χ1v) is 2.97. The average molecular weight is 250 g/mol. The van der Waals surface area contributed by atoms with Gasteiger partial charge >= 0.3 is 0 Å². The minimum absolute atomic E-state index is 0. The van der Waals surface area contributed by atoms with Crippen molar-refractivity contribution in [3.05, 3.63) is 29.3 Å². The second kappa shape index (κ2) is 5.79. The molecule has 0 saturated heterocycles. The molecule has 0 aliphatic carbocycles. The monoisotopic (exact) mass is 248 g/mol. The van der Waals surface area contributed by atoms with Crippen molar-refractivity contribution in [1.82, 2.24) is 0 Å². The molecule has 0 bridgehead atoms. The van der Waals surface area contributed by atoms with Gasteiger partial charge in [0.15, 0.2) is 0 Å². The molecule has 1 aromatic carbocycles. The maximum Gasteiger partial charge on any atom is 0.121 e. The van der Waals surface area contributed by atoms with Crippen LogP contribution < -0.4 is 0 Å². The first kappa shape index (κ1) is 13.8.